The van der Waals surface area contributed by atoms with E-state index in [1.54, 1.807) is 0 Å². The van der Waals surface area contributed by atoms with E-state index < -0.39 is 5.97 Å². The van der Waals surface area contributed by atoms with Gasteiger partial charge in [-0.2, -0.15) is 0 Å². The fourth-order valence-corrected chi connectivity index (χ4v) is 5.11. The van der Waals surface area contributed by atoms with Gasteiger partial charge in [0, 0.05) is 37.5 Å². The lowest BCUT2D eigenvalue weighted by Gasteiger charge is -2.32. The van der Waals surface area contributed by atoms with Crippen LogP contribution in [0.25, 0.3) is 17.2 Å². The van der Waals surface area contributed by atoms with Crippen molar-refractivity contribution in [3.05, 3.63) is 90.0 Å². The van der Waals surface area contributed by atoms with Gasteiger partial charge in [0.05, 0.1) is 25.9 Å². The molecule has 2 N–H and O–H groups in total. The number of carboxylic acid groups (broad SMARTS) is 1. The Morgan fingerprint density at radius 2 is 1.55 bits per heavy atom. The number of nitrogens with zero attached hydrogens (tertiary/aromatic N) is 2. The molecule has 3 aromatic carbocycles. The number of carbonyl (C=O) groups is 2. The second-order valence-electron chi connectivity index (χ2n) is 10.4. The summed E-state index contributed by atoms with van der Waals surface area (Å²) in [5, 5.41) is 18.1. The van der Waals surface area contributed by atoms with Crippen LogP contribution in [0.1, 0.15) is 36.8 Å². The zero-order valence-corrected chi connectivity index (χ0v) is 23.2. The summed E-state index contributed by atoms with van der Waals surface area (Å²) < 4.78 is 5.70. The first-order valence-corrected chi connectivity index (χ1v) is 13.8. The molecule has 0 spiro atoms. The number of aliphatic hydroxyl groups excluding tert-OH is 1. The predicted octanol–water partition coefficient (Wildman–Crippen LogP) is 5.62. The molecule has 40 heavy (non-hydrogen) atoms. The molecule has 1 aliphatic rings. The highest BCUT2D eigenvalue weighted by Gasteiger charge is 2.30. The number of amides is 1. The number of carboxylic acids is 1. The van der Waals surface area contributed by atoms with Gasteiger partial charge in [-0.1, -0.05) is 48.5 Å². The van der Waals surface area contributed by atoms with Crippen LogP contribution in [0.3, 0.4) is 0 Å². The lowest BCUT2D eigenvalue weighted by atomic mass is 9.86. The lowest BCUT2D eigenvalue weighted by Crippen LogP contribution is -2.38. The standard InChI is InChI=1S/C33H38N2O5/c1-34(2)29-15-11-27(12-16-29)26-9-6-25(7-10-26)23-35(30-5-3-4-24(22-30)8-19-32(37)38)33(39)28-13-17-31(18-14-28)40-21-20-36/h3-12,15-16,19,22,28,31,36H,13-14,17-18,20-21,23H2,1-2H3,(H,37,38). The summed E-state index contributed by atoms with van der Waals surface area (Å²) in [6.07, 6.45) is 5.74. The van der Waals surface area contributed by atoms with Crippen molar-refractivity contribution in [2.45, 2.75) is 38.3 Å². The van der Waals surface area contributed by atoms with Crippen molar-refractivity contribution in [3.63, 3.8) is 0 Å². The second-order valence-corrected chi connectivity index (χ2v) is 10.4. The number of benzene rings is 3. The Hall–Kier alpha value is -3.94. The molecule has 1 amide bonds. The Morgan fingerprint density at radius 1 is 0.900 bits per heavy atom. The van der Waals surface area contributed by atoms with E-state index in [0.29, 0.717) is 13.2 Å². The van der Waals surface area contributed by atoms with E-state index in [0.717, 1.165) is 65.4 Å². The van der Waals surface area contributed by atoms with Gasteiger partial charge in [-0.3, -0.25) is 4.79 Å². The van der Waals surface area contributed by atoms with Gasteiger partial charge in [0.25, 0.3) is 0 Å². The Kier molecular flexibility index (Phi) is 10.1. The lowest BCUT2D eigenvalue weighted by molar-refractivity contribution is -0.131. The molecule has 0 unspecified atom stereocenters. The number of rotatable bonds is 11. The Morgan fingerprint density at radius 3 is 2.15 bits per heavy atom. The Labute approximate surface area is 236 Å². The van der Waals surface area contributed by atoms with E-state index >= 15 is 0 Å². The van der Waals surface area contributed by atoms with Crippen LogP contribution in [0.15, 0.2) is 78.9 Å². The summed E-state index contributed by atoms with van der Waals surface area (Å²) in [5.74, 6) is -1.08. The van der Waals surface area contributed by atoms with Gasteiger partial charge in [-0.25, -0.2) is 4.79 Å². The minimum Gasteiger partial charge on any atom is -0.478 e. The van der Waals surface area contributed by atoms with Crippen molar-refractivity contribution < 1.29 is 24.5 Å². The highest BCUT2D eigenvalue weighted by Crippen LogP contribution is 2.31. The molecule has 0 bridgehead atoms. The van der Waals surface area contributed by atoms with Gasteiger partial charge in [0.2, 0.25) is 5.91 Å². The summed E-state index contributed by atoms with van der Waals surface area (Å²) >= 11 is 0. The van der Waals surface area contributed by atoms with Crippen LogP contribution in [0.4, 0.5) is 11.4 Å². The smallest absolute Gasteiger partial charge is 0.328 e. The molecular formula is C33H38N2O5. The second kappa shape index (κ2) is 13.9. The van der Waals surface area contributed by atoms with Gasteiger partial charge in [-0.15, -0.1) is 0 Å². The summed E-state index contributed by atoms with van der Waals surface area (Å²) in [6.45, 7) is 0.729. The SMILES string of the molecule is CN(C)c1ccc(-c2ccc(CN(C(=O)C3CCC(OCCO)CC3)c3cccc(C=CC(=O)O)c3)cc2)cc1. The molecule has 7 heteroatoms. The number of anilines is 2. The molecule has 0 heterocycles. The fourth-order valence-electron chi connectivity index (χ4n) is 5.11. The number of ether oxygens (including phenoxy) is 1. The van der Waals surface area contributed by atoms with Crippen molar-refractivity contribution in [1.29, 1.82) is 0 Å². The Balaban J connectivity index is 1.55. The summed E-state index contributed by atoms with van der Waals surface area (Å²) in [6, 6.07) is 24.1. The maximum atomic E-state index is 13.9. The summed E-state index contributed by atoms with van der Waals surface area (Å²) in [7, 11) is 4.04. The fraction of sp³-hybridized carbons (Fsp3) is 0.333. The largest absolute Gasteiger partial charge is 0.478 e. The van der Waals surface area contributed by atoms with E-state index in [1.165, 1.54) is 6.08 Å². The van der Waals surface area contributed by atoms with Crippen LogP contribution < -0.4 is 9.80 Å². The average Bonchev–Trinajstić information content (AvgIpc) is 2.98. The zero-order chi connectivity index (χ0) is 28.5. The number of hydrogen-bond donors (Lipinski definition) is 2. The van der Waals surface area contributed by atoms with Crippen LogP contribution in [0.2, 0.25) is 0 Å². The van der Waals surface area contributed by atoms with E-state index in [9.17, 15) is 9.59 Å². The van der Waals surface area contributed by atoms with Crippen molar-refractivity contribution in [1.82, 2.24) is 0 Å². The van der Waals surface area contributed by atoms with E-state index in [2.05, 4.69) is 53.4 Å². The molecule has 1 fully saturated rings. The maximum absolute atomic E-state index is 13.9. The number of carbonyl (C=O) groups excluding carboxylic acids is 1. The van der Waals surface area contributed by atoms with Crippen LogP contribution in [-0.2, 0) is 20.9 Å². The summed E-state index contributed by atoms with van der Waals surface area (Å²) in [4.78, 5) is 28.8. The van der Waals surface area contributed by atoms with Crippen LogP contribution in [0.5, 0.6) is 0 Å². The quantitative estimate of drug-likeness (QED) is 0.306. The third-order valence-corrected chi connectivity index (χ3v) is 7.35. The van der Waals surface area contributed by atoms with Crippen LogP contribution in [0, 0.1) is 5.92 Å². The molecule has 0 atom stereocenters. The van der Waals surface area contributed by atoms with Gasteiger partial charge in [0.15, 0.2) is 0 Å². The minimum absolute atomic E-state index is 0.000511. The van der Waals surface area contributed by atoms with Crippen molar-refractivity contribution in [2.24, 2.45) is 5.92 Å². The molecule has 3 aromatic rings. The molecular weight excluding hydrogens is 504 g/mol. The first-order valence-electron chi connectivity index (χ1n) is 13.8. The van der Waals surface area contributed by atoms with Crippen molar-refractivity contribution >= 4 is 29.3 Å². The van der Waals surface area contributed by atoms with Crippen LogP contribution in [-0.4, -0.2) is 55.5 Å². The van der Waals surface area contributed by atoms with Gasteiger partial charge >= 0.3 is 5.97 Å². The highest BCUT2D eigenvalue weighted by molar-refractivity contribution is 5.95. The number of aliphatic hydroxyl groups is 1. The van der Waals surface area contributed by atoms with E-state index in [4.69, 9.17) is 14.9 Å². The van der Waals surface area contributed by atoms with E-state index in [-0.39, 0.29) is 24.5 Å². The topological polar surface area (TPSA) is 90.3 Å². The highest BCUT2D eigenvalue weighted by atomic mass is 16.5. The first kappa shape index (κ1) is 29.1. The predicted molar refractivity (Wildman–Crippen MR) is 159 cm³/mol. The third-order valence-electron chi connectivity index (χ3n) is 7.35. The van der Waals surface area contributed by atoms with Crippen LogP contribution >= 0.6 is 0 Å². The molecule has 0 radical (unpaired) electrons. The average molecular weight is 543 g/mol. The monoisotopic (exact) mass is 542 g/mol. The number of aliphatic carboxylic acids is 1. The van der Waals surface area contributed by atoms with Gasteiger partial charge in [-0.05, 0) is 78.3 Å². The maximum Gasteiger partial charge on any atom is 0.328 e. The Bertz CT molecular complexity index is 1290. The molecule has 1 saturated carbocycles. The molecule has 0 saturated heterocycles. The number of hydrogen-bond acceptors (Lipinski definition) is 5. The van der Waals surface area contributed by atoms with Crippen molar-refractivity contribution in [2.75, 3.05) is 37.1 Å². The van der Waals surface area contributed by atoms with Crippen molar-refractivity contribution in [3.8, 4) is 11.1 Å². The van der Waals surface area contributed by atoms with Gasteiger partial charge < -0.3 is 24.7 Å². The molecule has 4 rings (SSSR count). The molecule has 0 aliphatic heterocycles. The summed E-state index contributed by atoms with van der Waals surface area (Å²) in [5.41, 5.74) is 5.84. The molecule has 0 aromatic heterocycles. The first-order chi connectivity index (χ1) is 19.3. The van der Waals surface area contributed by atoms with Gasteiger partial charge in [0.1, 0.15) is 0 Å². The minimum atomic E-state index is -1.02. The normalized spacial score (nSPS) is 17.1. The zero-order valence-electron chi connectivity index (χ0n) is 23.2. The molecule has 7 nitrogen and oxygen atoms in total. The molecule has 210 valence electrons. The van der Waals surface area contributed by atoms with E-state index in [1.807, 2.05) is 43.3 Å². The molecule has 1 aliphatic carbocycles. The third kappa shape index (κ3) is 7.81.